The van der Waals surface area contributed by atoms with Gasteiger partial charge in [-0.2, -0.15) is 10.2 Å². The Morgan fingerprint density at radius 2 is 2.00 bits per heavy atom. The van der Waals surface area contributed by atoms with Gasteiger partial charge in [0.1, 0.15) is 36.5 Å². The second-order valence-electron chi connectivity index (χ2n) is 9.58. The molecular weight excluding hydrogens is 560 g/mol. The highest BCUT2D eigenvalue weighted by Gasteiger charge is 2.63. The lowest BCUT2D eigenvalue weighted by molar-refractivity contribution is -0.114. The van der Waals surface area contributed by atoms with Crippen molar-refractivity contribution in [3.63, 3.8) is 0 Å². The van der Waals surface area contributed by atoms with Gasteiger partial charge in [-0.05, 0) is 49.2 Å². The minimum Gasteiger partial charge on any atom is -0.496 e. The Hall–Kier alpha value is -4.31. The van der Waals surface area contributed by atoms with Gasteiger partial charge in [-0.25, -0.2) is 4.79 Å². The van der Waals surface area contributed by atoms with Crippen LogP contribution in [0.4, 0.5) is 5.82 Å². The van der Waals surface area contributed by atoms with Gasteiger partial charge in [-0.15, -0.1) is 0 Å². The average molecular weight is 593 g/mol. The Kier molecular flexibility index (Phi) is 9.90. The van der Waals surface area contributed by atoms with Crippen molar-refractivity contribution in [3.8, 4) is 11.8 Å². The van der Waals surface area contributed by atoms with E-state index >= 15 is 0 Å². The molecule has 220 valence electrons. The molecule has 4 atom stereocenters. The van der Waals surface area contributed by atoms with E-state index in [1.54, 1.807) is 25.1 Å². The summed E-state index contributed by atoms with van der Waals surface area (Å²) >= 11 is 5.47. The molecule has 4 rings (SSSR count). The maximum Gasteiger partial charge on any atom is 0.359 e. The van der Waals surface area contributed by atoms with E-state index in [4.69, 9.17) is 35.9 Å². The third kappa shape index (κ3) is 6.76. The van der Waals surface area contributed by atoms with Crippen molar-refractivity contribution >= 4 is 40.0 Å². The van der Waals surface area contributed by atoms with Gasteiger partial charge in [0.25, 0.3) is 5.60 Å². The van der Waals surface area contributed by atoms with E-state index in [0.29, 0.717) is 17.9 Å². The summed E-state index contributed by atoms with van der Waals surface area (Å²) in [6.07, 6.45) is 0.511. The van der Waals surface area contributed by atoms with Crippen molar-refractivity contribution in [2.24, 2.45) is 0 Å². The normalized spacial score (nSPS) is 21.9. The molecule has 1 unspecified atom stereocenters. The molecule has 1 amide bonds. The maximum atomic E-state index is 13.2. The summed E-state index contributed by atoms with van der Waals surface area (Å²) in [7, 11) is 0. The fourth-order valence-electron chi connectivity index (χ4n) is 4.50. The number of anilines is 1. The number of benzene rings is 2. The molecule has 1 aromatic heterocycles. The van der Waals surface area contributed by atoms with Gasteiger partial charge in [0, 0.05) is 31.9 Å². The van der Waals surface area contributed by atoms with Crippen LogP contribution < -0.4 is 15.7 Å². The van der Waals surface area contributed by atoms with Crippen molar-refractivity contribution in [2.75, 3.05) is 18.5 Å². The zero-order chi connectivity index (χ0) is 30.3. The summed E-state index contributed by atoms with van der Waals surface area (Å²) < 4.78 is 31.3. The van der Waals surface area contributed by atoms with E-state index in [1.807, 2.05) is 44.2 Å². The van der Waals surface area contributed by atoms with Crippen LogP contribution >= 0.6 is 12.2 Å². The number of allylic oxidation sites excluding steroid dienone is 2. The fraction of sp³-hybridized carbons (Fsp3) is 0.367. The Labute approximate surface area is 248 Å². The Balaban J connectivity index is 1.73. The summed E-state index contributed by atoms with van der Waals surface area (Å²) in [5, 5.41) is 14.7. The van der Waals surface area contributed by atoms with E-state index in [9.17, 15) is 14.9 Å². The number of hydrogen-bond acceptors (Lipinski definition) is 10. The summed E-state index contributed by atoms with van der Waals surface area (Å²) in [6.45, 7) is 7.08. The van der Waals surface area contributed by atoms with E-state index in [-0.39, 0.29) is 24.3 Å². The number of fused-ring (bicyclic) bond motifs is 1. The zero-order valence-corrected chi connectivity index (χ0v) is 24.6. The summed E-state index contributed by atoms with van der Waals surface area (Å²) in [5.41, 5.74) is -2.78. The number of hydrogen-bond donors (Lipinski definition) is 1. The third-order valence-electron chi connectivity index (χ3n) is 6.55. The van der Waals surface area contributed by atoms with Crippen molar-refractivity contribution in [2.45, 2.75) is 58.2 Å². The van der Waals surface area contributed by atoms with Gasteiger partial charge in [-0.3, -0.25) is 9.36 Å². The Bertz CT molecular complexity index is 1580. The second-order valence-corrected chi connectivity index (χ2v) is 9.91. The molecule has 1 aliphatic heterocycles. The molecule has 0 spiro atoms. The molecule has 2 heterocycles. The SMILES string of the molecule is C/C=C(/C)OC[C@H]1O[C@@H](n2ccc(NC(C)=O)nc2=O)C(C#N)(OC(=S)Oc2ccc3ccccc3c2)[C@@H]1OCCC. The van der Waals surface area contributed by atoms with Crippen molar-refractivity contribution in [3.05, 3.63) is 77.0 Å². The number of nitrogens with zero attached hydrogens (tertiary/aromatic N) is 3. The first-order valence-electron chi connectivity index (χ1n) is 13.4. The van der Waals surface area contributed by atoms with Gasteiger partial charge in [-0.1, -0.05) is 43.3 Å². The van der Waals surface area contributed by atoms with Crippen LogP contribution in [0.15, 0.2) is 71.4 Å². The number of carbonyl (C=O) groups excluding carboxylic acids is 1. The van der Waals surface area contributed by atoms with Crippen molar-refractivity contribution in [1.82, 2.24) is 9.55 Å². The Morgan fingerprint density at radius 1 is 1.24 bits per heavy atom. The molecule has 0 bridgehead atoms. The Morgan fingerprint density at radius 3 is 2.67 bits per heavy atom. The minimum atomic E-state index is -1.98. The molecule has 12 heteroatoms. The van der Waals surface area contributed by atoms with Crippen molar-refractivity contribution in [1.29, 1.82) is 5.26 Å². The molecule has 42 heavy (non-hydrogen) atoms. The zero-order valence-electron chi connectivity index (χ0n) is 23.7. The van der Waals surface area contributed by atoms with Gasteiger partial charge in [0.15, 0.2) is 6.23 Å². The number of rotatable bonds is 10. The average Bonchev–Trinajstić information content (AvgIpc) is 3.26. The molecule has 0 aliphatic carbocycles. The quantitative estimate of drug-likeness (QED) is 0.262. The standard InChI is InChI=1S/C30H32N4O7S/c1-5-15-37-26-24(17-38-19(3)6-2)40-27(34-14-13-25(32-20(4)35)33-28(34)36)30(26,18-31)41-29(42)39-23-12-11-21-9-7-8-10-22(21)16-23/h6-14,16,24,26-27H,5,15,17H2,1-4H3,(H,32,33,35,36)/b19-6-/t24-,26-,27-,30?/m1/s1. The van der Waals surface area contributed by atoms with Crippen LogP contribution in [-0.2, 0) is 23.7 Å². The number of amides is 1. The largest absolute Gasteiger partial charge is 0.496 e. The molecule has 3 aromatic rings. The summed E-state index contributed by atoms with van der Waals surface area (Å²) in [4.78, 5) is 28.6. The van der Waals surface area contributed by atoms with Crippen molar-refractivity contribution < 1.29 is 28.5 Å². The fourth-order valence-corrected chi connectivity index (χ4v) is 4.74. The predicted octanol–water partition coefficient (Wildman–Crippen LogP) is 4.63. The molecular formula is C30H32N4O7S. The molecule has 1 N–H and O–H groups in total. The molecule has 1 saturated heterocycles. The molecule has 2 aromatic carbocycles. The first kappa shape index (κ1) is 30.6. The lowest BCUT2D eigenvalue weighted by atomic mass is 9.95. The lowest BCUT2D eigenvalue weighted by Gasteiger charge is -2.32. The van der Waals surface area contributed by atoms with Crippen LogP contribution in [0.25, 0.3) is 10.8 Å². The van der Waals surface area contributed by atoms with Crippen LogP contribution in [0, 0.1) is 11.3 Å². The number of ether oxygens (including phenoxy) is 5. The monoisotopic (exact) mass is 592 g/mol. The highest BCUT2D eigenvalue weighted by Crippen LogP contribution is 2.43. The van der Waals surface area contributed by atoms with E-state index in [1.165, 1.54) is 19.2 Å². The molecule has 0 saturated carbocycles. The van der Waals surface area contributed by atoms with Crippen LogP contribution in [-0.4, -0.2) is 51.7 Å². The van der Waals surface area contributed by atoms with E-state index in [0.717, 1.165) is 15.3 Å². The summed E-state index contributed by atoms with van der Waals surface area (Å²) in [5.74, 6) is 0.679. The number of aromatic nitrogens is 2. The lowest BCUT2D eigenvalue weighted by Crippen LogP contribution is -2.52. The second kappa shape index (κ2) is 13.6. The molecule has 1 fully saturated rings. The smallest absolute Gasteiger partial charge is 0.359 e. The van der Waals surface area contributed by atoms with Crippen LogP contribution in [0.5, 0.6) is 5.75 Å². The third-order valence-corrected chi connectivity index (χ3v) is 6.72. The number of carbonyl (C=O) groups is 1. The first-order valence-corrected chi connectivity index (χ1v) is 13.8. The van der Waals surface area contributed by atoms with E-state index in [2.05, 4.69) is 16.4 Å². The molecule has 11 nitrogen and oxygen atoms in total. The highest BCUT2D eigenvalue weighted by molar-refractivity contribution is 7.79. The number of nitriles is 1. The molecule has 0 radical (unpaired) electrons. The van der Waals surface area contributed by atoms with Crippen LogP contribution in [0.1, 0.15) is 40.3 Å². The summed E-state index contributed by atoms with van der Waals surface area (Å²) in [6, 6.07) is 16.7. The van der Waals surface area contributed by atoms with Gasteiger partial charge >= 0.3 is 10.9 Å². The van der Waals surface area contributed by atoms with Gasteiger partial charge in [0.05, 0.1) is 5.76 Å². The maximum absolute atomic E-state index is 13.2. The first-order chi connectivity index (χ1) is 20.2. The predicted molar refractivity (Wildman–Crippen MR) is 159 cm³/mol. The highest BCUT2D eigenvalue weighted by atomic mass is 32.1. The number of nitrogens with one attached hydrogen (secondary N) is 1. The van der Waals surface area contributed by atoms with Crippen LogP contribution in [0.2, 0.25) is 0 Å². The van der Waals surface area contributed by atoms with Gasteiger partial charge < -0.3 is 29.0 Å². The topological polar surface area (TPSA) is 134 Å². The number of thiocarbonyl (C=S) groups is 1. The minimum absolute atomic E-state index is 0.00169. The van der Waals surface area contributed by atoms with E-state index < -0.39 is 35.6 Å². The molecule has 1 aliphatic rings. The van der Waals surface area contributed by atoms with Gasteiger partial charge in [0.2, 0.25) is 5.91 Å². The van der Waals surface area contributed by atoms with Crippen LogP contribution in [0.3, 0.4) is 0 Å².